The number of hydrogen-bond acceptors (Lipinski definition) is 4. The van der Waals surface area contributed by atoms with Crippen molar-refractivity contribution in [2.75, 3.05) is 5.75 Å². The second-order valence-corrected chi connectivity index (χ2v) is 7.66. The number of fused-ring (bicyclic) bond motifs is 1. The van der Waals surface area contributed by atoms with E-state index in [1.54, 1.807) is 12.3 Å². The van der Waals surface area contributed by atoms with Crippen LogP contribution in [0.4, 0.5) is 0 Å². The standard InChI is InChI=1S/C16H20BrN3O2S/c1-10(2)11(3)18-15(21)9-23-8-13-6-16(22)20-7-12(17)4-5-14(20)19-13/h4-7,10-11H,8-9H2,1-3H3,(H,18,21)/t11-/m0/s1. The van der Waals surface area contributed by atoms with Crippen LogP contribution in [0.2, 0.25) is 0 Å². The maximum absolute atomic E-state index is 12.1. The van der Waals surface area contributed by atoms with Gasteiger partial charge in [-0.15, -0.1) is 11.8 Å². The van der Waals surface area contributed by atoms with E-state index in [-0.39, 0.29) is 17.5 Å². The van der Waals surface area contributed by atoms with Crippen LogP contribution in [0, 0.1) is 5.92 Å². The van der Waals surface area contributed by atoms with E-state index >= 15 is 0 Å². The lowest BCUT2D eigenvalue weighted by atomic mass is 10.1. The zero-order valence-corrected chi connectivity index (χ0v) is 15.8. The average Bonchev–Trinajstić information content (AvgIpc) is 2.48. The summed E-state index contributed by atoms with van der Waals surface area (Å²) < 4.78 is 2.32. The Morgan fingerprint density at radius 2 is 2.13 bits per heavy atom. The van der Waals surface area contributed by atoms with Gasteiger partial charge < -0.3 is 5.32 Å². The minimum Gasteiger partial charge on any atom is -0.353 e. The number of hydrogen-bond donors (Lipinski definition) is 1. The van der Waals surface area contributed by atoms with Crippen LogP contribution in [-0.2, 0) is 10.5 Å². The molecular formula is C16H20BrN3O2S. The average molecular weight is 398 g/mol. The normalized spacial score (nSPS) is 12.6. The summed E-state index contributed by atoms with van der Waals surface area (Å²) in [6.07, 6.45) is 1.70. The molecule has 0 saturated heterocycles. The van der Waals surface area contributed by atoms with Crippen molar-refractivity contribution in [3.8, 4) is 0 Å². The topological polar surface area (TPSA) is 63.5 Å². The van der Waals surface area contributed by atoms with Gasteiger partial charge in [-0.25, -0.2) is 4.98 Å². The van der Waals surface area contributed by atoms with Crippen molar-refractivity contribution in [3.05, 3.63) is 44.9 Å². The summed E-state index contributed by atoms with van der Waals surface area (Å²) in [7, 11) is 0. The van der Waals surface area contributed by atoms with Gasteiger partial charge >= 0.3 is 0 Å². The van der Waals surface area contributed by atoms with Gasteiger partial charge in [-0.05, 0) is 40.9 Å². The molecular weight excluding hydrogens is 378 g/mol. The minimum atomic E-state index is -0.121. The molecule has 1 atom stereocenters. The van der Waals surface area contributed by atoms with E-state index in [0.29, 0.717) is 28.8 Å². The largest absolute Gasteiger partial charge is 0.353 e. The lowest BCUT2D eigenvalue weighted by molar-refractivity contribution is -0.119. The molecule has 5 nitrogen and oxygen atoms in total. The number of pyridine rings is 1. The highest BCUT2D eigenvalue weighted by Gasteiger charge is 2.11. The van der Waals surface area contributed by atoms with Crippen LogP contribution in [0.25, 0.3) is 5.65 Å². The van der Waals surface area contributed by atoms with Crippen LogP contribution in [0.5, 0.6) is 0 Å². The molecule has 0 radical (unpaired) electrons. The Labute approximate surface area is 148 Å². The van der Waals surface area contributed by atoms with Crippen molar-refractivity contribution < 1.29 is 4.79 Å². The number of carbonyl (C=O) groups excluding carboxylic acids is 1. The van der Waals surface area contributed by atoms with Gasteiger partial charge in [-0.3, -0.25) is 14.0 Å². The van der Waals surface area contributed by atoms with Crippen molar-refractivity contribution in [1.29, 1.82) is 0 Å². The molecule has 1 amide bonds. The first-order valence-electron chi connectivity index (χ1n) is 7.42. The highest BCUT2D eigenvalue weighted by atomic mass is 79.9. The van der Waals surface area contributed by atoms with Crippen LogP contribution >= 0.6 is 27.7 Å². The molecule has 0 spiro atoms. The van der Waals surface area contributed by atoms with Gasteiger partial charge in [0.25, 0.3) is 5.56 Å². The van der Waals surface area contributed by atoms with Crippen LogP contribution in [0.15, 0.2) is 33.7 Å². The van der Waals surface area contributed by atoms with E-state index in [9.17, 15) is 9.59 Å². The molecule has 0 aliphatic rings. The first kappa shape index (κ1) is 18.0. The van der Waals surface area contributed by atoms with Crippen molar-refractivity contribution >= 4 is 39.2 Å². The molecule has 0 fully saturated rings. The number of nitrogens with zero attached hydrogens (tertiary/aromatic N) is 2. The summed E-state index contributed by atoms with van der Waals surface area (Å²) in [6, 6.07) is 5.31. The smallest absolute Gasteiger partial charge is 0.258 e. The lowest BCUT2D eigenvalue weighted by Crippen LogP contribution is -2.37. The van der Waals surface area contributed by atoms with Gasteiger partial charge in [-0.2, -0.15) is 0 Å². The highest BCUT2D eigenvalue weighted by molar-refractivity contribution is 9.10. The number of rotatable bonds is 6. The zero-order chi connectivity index (χ0) is 17.0. The third-order valence-electron chi connectivity index (χ3n) is 3.55. The summed E-state index contributed by atoms with van der Waals surface area (Å²) >= 11 is 4.79. The summed E-state index contributed by atoms with van der Waals surface area (Å²) in [5.41, 5.74) is 1.17. The molecule has 7 heteroatoms. The number of thioether (sulfide) groups is 1. The van der Waals surface area contributed by atoms with E-state index in [4.69, 9.17) is 0 Å². The van der Waals surface area contributed by atoms with E-state index in [1.807, 2.05) is 13.0 Å². The van der Waals surface area contributed by atoms with E-state index < -0.39 is 0 Å². The monoisotopic (exact) mass is 397 g/mol. The number of halogens is 1. The first-order chi connectivity index (χ1) is 10.9. The lowest BCUT2D eigenvalue weighted by Gasteiger charge is -2.17. The highest BCUT2D eigenvalue weighted by Crippen LogP contribution is 2.12. The molecule has 124 valence electrons. The SMILES string of the molecule is CC(C)[C@H](C)NC(=O)CSCc1cc(=O)n2cc(Br)ccc2n1. The van der Waals surface area contributed by atoms with Crippen molar-refractivity contribution in [2.24, 2.45) is 5.92 Å². The quantitative estimate of drug-likeness (QED) is 0.813. The Kier molecular flexibility index (Phi) is 6.24. The third-order valence-corrected chi connectivity index (χ3v) is 4.98. The molecule has 2 heterocycles. The summed E-state index contributed by atoms with van der Waals surface area (Å²) in [5.74, 6) is 1.31. The molecule has 2 aromatic heterocycles. The van der Waals surface area contributed by atoms with Crippen molar-refractivity contribution in [1.82, 2.24) is 14.7 Å². The molecule has 0 bridgehead atoms. The minimum absolute atomic E-state index is 0.0117. The Bertz CT molecular complexity index is 761. The fourth-order valence-electron chi connectivity index (χ4n) is 1.91. The summed E-state index contributed by atoms with van der Waals surface area (Å²) in [6.45, 7) is 6.14. The van der Waals surface area contributed by atoms with Gasteiger partial charge in [0.15, 0.2) is 0 Å². The molecule has 0 aliphatic heterocycles. The molecule has 23 heavy (non-hydrogen) atoms. The maximum Gasteiger partial charge on any atom is 0.258 e. The maximum atomic E-state index is 12.1. The second-order valence-electron chi connectivity index (χ2n) is 5.75. The predicted molar refractivity (Wildman–Crippen MR) is 97.8 cm³/mol. The molecule has 0 unspecified atom stereocenters. The number of nitrogens with one attached hydrogen (secondary N) is 1. The van der Waals surface area contributed by atoms with Crippen LogP contribution in [0.3, 0.4) is 0 Å². The number of amides is 1. The number of carbonyl (C=O) groups is 1. The molecule has 1 N–H and O–H groups in total. The van der Waals surface area contributed by atoms with Crippen LogP contribution < -0.4 is 10.9 Å². The third kappa shape index (κ3) is 5.07. The predicted octanol–water partition coefficient (Wildman–Crippen LogP) is 2.85. The zero-order valence-electron chi connectivity index (χ0n) is 13.4. The van der Waals surface area contributed by atoms with Gasteiger partial charge in [0.2, 0.25) is 5.91 Å². The molecule has 2 rings (SSSR count). The van der Waals surface area contributed by atoms with E-state index in [1.165, 1.54) is 22.2 Å². The molecule has 0 aliphatic carbocycles. The van der Waals surface area contributed by atoms with Crippen LogP contribution in [0.1, 0.15) is 26.5 Å². The van der Waals surface area contributed by atoms with Crippen LogP contribution in [-0.4, -0.2) is 27.1 Å². The Hall–Kier alpha value is -1.34. The fourth-order valence-corrected chi connectivity index (χ4v) is 2.98. The van der Waals surface area contributed by atoms with Gasteiger partial charge in [-0.1, -0.05) is 13.8 Å². The Morgan fingerprint density at radius 3 is 2.83 bits per heavy atom. The molecule has 0 aromatic carbocycles. The number of aromatic nitrogens is 2. The van der Waals surface area contributed by atoms with E-state index in [0.717, 1.165) is 4.47 Å². The second kappa shape index (κ2) is 7.97. The van der Waals surface area contributed by atoms with Crippen molar-refractivity contribution in [3.63, 3.8) is 0 Å². The summed E-state index contributed by atoms with van der Waals surface area (Å²) in [5, 5.41) is 2.96. The van der Waals surface area contributed by atoms with E-state index in [2.05, 4.69) is 40.1 Å². The summed E-state index contributed by atoms with van der Waals surface area (Å²) in [4.78, 5) is 28.4. The van der Waals surface area contributed by atoms with Gasteiger partial charge in [0, 0.05) is 28.5 Å². The first-order valence-corrected chi connectivity index (χ1v) is 9.36. The molecule has 0 saturated carbocycles. The molecule has 2 aromatic rings. The fraction of sp³-hybridized carbons (Fsp3) is 0.438. The van der Waals surface area contributed by atoms with Gasteiger partial charge in [0.05, 0.1) is 11.4 Å². The van der Waals surface area contributed by atoms with Gasteiger partial charge in [0.1, 0.15) is 5.65 Å². The van der Waals surface area contributed by atoms with Crippen molar-refractivity contribution in [2.45, 2.75) is 32.6 Å². The Balaban J connectivity index is 1.96. The Morgan fingerprint density at radius 1 is 1.39 bits per heavy atom.